The van der Waals surface area contributed by atoms with Gasteiger partial charge in [0.25, 0.3) is 0 Å². The number of hydrogen-bond donors (Lipinski definition) is 1. The zero-order chi connectivity index (χ0) is 16.2. The molecule has 0 aliphatic heterocycles. The normalized spacial score (nSPS) is 13.2. The summed E-state index contributed by atoms with van der Waals surface area (Å²) in [6.45, 7) is 3.82. The number of esters is 1. The number of rotatable bonds is 6. The quantitative estimate of drug-likeness (QED) is 0.759. The number of nitrogens with zero attached hydrogens (tertiary/aromatic N) is 1. The fraction of sp³-hybridized carbons (Fsp3) is 0.462. The molecule has 1 unspecified atom stereocenters. The Hall–Kier alpha value is -0.960. The second kappa shape index (κ2) is 7.35. The summed E-state index contributed by atoms with van der Waals surface area (Å²) in [7, 11) is -2.27. The molecule has 1 atom stereocenters. The summed E-state index contributed by atoms with van der Waals surface area (Å²) in [6, 6.07) is 3.92. The van der Waals surface area contributed by atoms with Crippen LogP contribution in [0.4, 0.5) is 0 Å². The van der Waals surface area contributed by atoms with E-state index in [-0.39, 0.29) is 29.7 Å². The molecule has 118 valence electrons. The van der Waals surface area contributed by atoms with Gasteiger partial charge in [0, 0.05) is 24.1 Å². The summed E-state index contributed by atoms with van der Waals surface area (Å²) < 4.78 is 31.6. The van der Waals surface area contributed by atoms with E-state index < -0.39 is 16.0 Å². The molecule has 8 heteroatoms. The van der Waals surface area contributed by atoms with Gasteiger partial charge in [-0.1, -0.05) is 15.9 Å². The third-order valence-electron chi connectivity index (χ3n) is 3.02. The highest BCUT2D eigenvalue weighted by molar-refractivity contribution is 9.10. The van der Waals surface area contributed by atoms with Crippen molar-refractivity contribution < 1.29 is 17.9 Å². The van der Waals surface area contributed by atoms with E-state index in [1.807, 2.05) is 0 Å². The molecule has 0 spiro atoms. The van der Waals surface area contributed by atoms with Crippen LogP contribution in [0.25, 0.3) is 0 Å². The molecule has 0 aromatic heterocycles. The van der Waals surface area contributed by atoms with Crippen LogP contribution < -0.4 is 5.73 Å². The van der Waals surface area contributed by atoms with Crippen molar-refractivity contribution in [1.29, 1.82) is 0 Å². The van der Waals surface area contributed by atoms with Crippen LogP contribution in [0.5, 0.6) is 0 Å². The van der Waals surface area contributed by atoms with Gasteiger partial charge >= 0.3 is 5.97 Å². The van der Waals surface area contributed by atoms with E-state index in [2.05, 4.69) is 15.9 Å². The van der Waals surface area contributed by atoms with Gasteiger partial charge in [-0.25, -0.2) is 13.2 Å². The largest absolute Gasteiger partial charge is 0.462 e. The molecule has 21 heavy (non-hydrogen) atoms. The fourth-order valence-corrected chi connectivity index (χ4v) is 3.68. The summed E-state index contributed by atoms with van der Waals surface area (Å²) in [6.07, 6.45) is 0. The minimum atomic E-state index is -3.73. The average molecular weight is 379 g/mol. The first-order chi connectivity index (χ1) is 9.73. The van der Waals surface area contributed by atoms with Crippen molar-refractivity contribution in [1.82, 2.24) is 4.31 Å². The van der Waals surface area contributed by atoms with E-state index >= 15 is 0 Å². The van der Waals surface area contributed by atoms with Crippen molar-refractivity contribution in [2.24, 2.45) is 5.73 Å². The molecule has 1 rings (SSSR count). The number of benzene rings is 1. The van der Waals surface area contributed by atoms with Crippen molar-refractivity contribution in [2.45, 2.75) is 24.8 Å². The van der Waals surface area contributed by atoms with Gasteiger partial charge in [0.15, 0.2) is 0 Å². The first-order valence-electron chi connectivity index (χ1n) is 6.39. The number of nitrogens with two attached hydrogens (primary N) is 1. The second-order valence-electron chi connectivity index (χ2n) is 4.50. The van der Waals surface area contributed by atoms with Crippen molar-refractivity contribution in [3.63, 3.8) is 0 Å². The summed E-state index contributed by atoms with van der Waals surface area (Å²) in [5, 5.41) is 0. The summed E-state index contributed by atoms with van der Waals surface area (Å²) in [5.74, 6) is -0.565. The van der Waals surface area contributed by atoms with Crippen LogP contribution in [0.3, 0.4) is 0 Å². The van der Waals surface area contributed by atoms with Crippen molar-refractivity contribution in [2.75, 3.05) is 20.2 Å². The van der Waals surface area contributed by atoms with E-state index in [9.17, 15) is 13.2 Å². The first-order valence-corrected chi connectivity index (χ1v) is 8.63. The zero-order valence-electron chi connectivity index (χ0n) is 12.2. The van der Waals surface area contributed by atoms with E-state index in [1.54, 1.807) is 13.8 Å². The lowest BCUT2D eigenvalue weighted by atomic mass is 10.2. The van der Waals surface area contributed by atoms with Crippen molar-refractivity contribution in [3.8, 4) is 0 Å². The van der Waals surface area contributed by atoms with Gasteiger partial charge in [0.2, 0.25) is 10.0 Å². The van der Waals surface area contributed by atoms with Gasteiger partial charge in [-0.05, 0) is 32.0 Å². The molecule has 2 N–H and O–H groups in total. The molecule has 0 fully saturated rings. The molecule has 0 aliphatic carbocycles. The van der Waals surface area contributed by atoms with Crippen LogP contribution in [0.1, 0.15) is 24.2 Å². The number of hydrogen-bond acceptors (Lipinski definition) is 5. The number of sulfonamides is 1. The lowest BCUT2D eigenvalue weighted by Crippen LogP contribution is -2.39. The minimum absolute atomic E-state index is 0.0164. The SMILES string of the molecule is CCOC(=O)c1cc(Br)cc(S(=O)(=O)N(C)C(C)CN)c1. The van der Waals surface area contributed by atoms with E-state index in [4.69, 9.17) is 10.5 Å². The van der Waals surface area contributed by atoms with Crippen LogP contribution >= 0.6 is 15.9 Å². The highest BCUT2D eigenvalue weighted by Crippen LogP contribution is 2.23. The molecule has 0 radical (unpaired) electrons. The summed E-state index contributed by atoms with van der Waals surface area (Å²) in [5.41, 5.74) is 5.69. The molecular weight excluding hydrogens is 360 g/mol. The molecule has 0 saturated heterocycles. The van der Waals surface area contributed by atoms with Gasteiger partial charge < -0.3 is 10.5 Å². The van der Waals surface area contributed by atoms with Gasteiger partial charge in [-0.15, -0.1) is 0 Å². The Morgan fingerprint density at radius 1 is 1.43 bits per heavy atom. The third kappa shape index (κ3) is 4.26. The fourth-order valence-electron chi connectivity index (χ4n) is 1.60. The highest BCUT2D eigenvalue weighted by Gasteiger charge is 2.26. The number of carbonyl (C=O) groups is 1. The molecule has 1 aromatic carbocycles. The predicted molar refractivity (Wildman–Crippen MR) is 83.6 cm³/mol. The molecule has 0 heterocycles. The predicted octanol–water partition coefficient (Wildman–Crippen LogP) is 1.59. The van der Waals surface area contributed by atoms with Crippen LogP contribution in [-0.2, 0) is 14.8 Å². The Morgan fingerprint density at radius 3 is 2.57 bits per heavy atom. The Labute approximate surface area is 133 Å². The van der Waals surface area contributed by atoms with Crippen LogP contribution in [0.2, 0.25) is 0 Å². The lowest BCUT2D eigenvalue weighted by Gasteiger charge is -2.23. The lowest BCUT2D eigenvalue weighted by molar-refractivity contribution is 0.0526. The van der Waals surface area contributed by atoms with Gasteiger partial charge in [-0.3, -0.25) is 0 Å². The van der Waals surface area contributed by atoms with Crippen LogP contribution in [0, 0.1) is 0 Å². The Balaban J connectivity index is 3.27. The van der Waals surface area contributed by atoms with Gasteiger partial charge in [0.1, 0.15) is 0 Å². The number of carbonyl (C=O) groups excluding carboxylic acids is 1. The van der Waals surface area contributed by atoms with E-state index in [1.165, 1.54) is 29.6 Å². The molecule has 0 amide bonds. The molecule has 1 aromatic rings. The molecule has 0 aliphatic rings. The monoisotopic (exact) mass is 378 g/mol. The van der Waals surface area contributed by atoms with Crippen molar-refractivity contribution >= 4 is 31.9 Å². The average Bonchev–Trinajstić information content (AvgIpc) is 2.45. The minimum Gasteiger partial charge on any atom is -0.462 e. The van der Waals surface area contributed by atoms with Crippen LogP contribution in [0.15, 0.2) is 27.6 Å². The topological polar surface area (TPSA) is 89.7 Å². The number of likely N-dealkylation sites (N-methyl/N-ethyl adjacent to an activating group) is 1. The Morgan fingerprint density at radius 2 is 2.05 bits per heavy atom. The maximum absolute atomic E-state index is 12.5. The molecular formula is C13H19BrN2O4S. The van der Waals surface area contributed by atoms with Gasteiger partial charge in [-0.2, -0.15) is 4.31 Å². The van der Waals surface area contributed by atoms with E-state index in [0.717, 1.165) is 0 Å². The van der Waals surface area contributed by atoms with Gasteiger partial charge in [0.05, 0.1) is 17.1 Å². The Bertz CT molecular complexity index is 619. The van der Waals surface area contributed by atoms with Crippen LogP contribution in [-0.4, -0.2) is 44.9 Å². The van der Waals surface area contributed by atoms with E-state index in [0.29, 0.717) is 4.47 Å². The molecule has 6 nitrogen and oxygen atoms in total. The smallest absolute Gasteiger partial charge is 0.338 e. The standard InChI is InChI=1S/C13H19BrN2O4S/c1-4-20-13(17)10-5-11(14)7-12(6-10)21(18,19)16(3)9(2)8-15/h5-7,9H,4,8,15H2,1-3H3. The third-order valence-corrected chi connectivity index (χ3v) is 5.43. The summed E-state index contributed by atoms with van der Waals surface area (Å²) >= 11 is 3.21. The first kappa shape index (κ1) is 18.1. The second-order valence-corrected chi connectivity index (χ2v) is 7.42. The maximum Gasteiger partial charge on any atom is 0.338 e. The number of ether oxygens (including phenoxy) is 1. The maximum atomic E-state index is 12.5. The van der Waals surface area contributed by atoms with Crippen molar-refractivity contribution in [3.05, 3.63) is 28.2 Å². The highest BCUT2D eigenvalue weighted by atomic mass is 79.9. The Kier molecular flexibility index (Phi) is 6.33. The number of halogens is 1. The zero-order valence-corrected chi connectivity index (χ0v) is 14.6. The summed E-state index contributed by atoms with van der Waals surface area (Å²) in [4.78, 5) is 11.8. The molecule has 0 saturated carbocycles. The molecule has 0 bridgehead atoms.